The molecule has 0 aromatic rings. The van der Waals surface area contributed by atoms with Crippen molar-refractivity contribution in [2.75, 3.05) is 0 Å². The molecule has 0 spiro atoms. The summed E-state index contributed by atoms with van der Waals surface area (Å²) in [5, 5.41) is 0. The van der Waals surface area contributed by atoms with Crippen LogP contribution in [0.15, 0.2) is 0 Å². The van der Waals surface area contributed by atoms with E-state index in [1.165, 1.54) is 0 Å². The van der Waals surface area contributed by atoms with Crippen LogP contribution in [0.3, 0.4) is 0 Å². The van der Waals surface area contributed by atoms with Crippen molar-refractivity contribution < 1.29 is 113 Å². The minimum atomic E-state index is 0. The smallest absolute Gasteiger partial charge is 0.187 e. The molecule has 0 aliphatic heterocycles. The fourth-order valence-electron chi connectivity index (χ4n) is 0. The van der Waals surface area contributed by atoms with Crippen molar-refractivity contribution in [1.82, 2.24) is 0 Å². The summed E-state index contributed by atoms with van der Waals surface area (Å²) >= 11 is 0. The minimum Gasteiger partial charge on any atom is -0.412 e. The van der Waals surface area contributed by atoms with Gasteiger partial charge in [0.1, 0.15) is 0 Å². The van der Waals surface area contributed by atoms with E-state index in [0.29, 0.717) is 0 Å². The maximum absolute atomic E-state index is 0. The Kier molecular flexibility index (Phi) is 838. The summed E-state index contributed by atoms with van der Waals surface area (Å²) in [6.45, 7) is 0. The molecular formula is H5AlCoFeNiORuVZn. The first-order valence-corrected chi connectivity index (χ1v) is 0. The van der Waals surface area contributed by atoms with E-state index >= 15 is 0 Å². The Bertz CT molecular complexity index is 24.0. The standard InChI is InChI=1S/Al.Co.Fe.Ni.H2O.Ru.V.Zn.3H/h;;;;1H2;;;;;;. The molecule has 0 aliphatic carbocycles. The second-order valence-corrected chi connectivity index (χ2v) is 0. The van der Waals surface area contributed by atoms with E-state index in [9.17, 15) is 0 Å². The van der Waals surface area contributed by atoms with Gasteiger partial charge in [-0.2, -0.15) is 0 Å². The molecule has 0 unspecified atom stereocenters. The second-order valence-electron chi connectivity index (χ2n) is 0. The van der Waals surface area contributed by atoms with Crippen LogP contribution < -0.4 is 0 Å². The monoisotopic (exact) mass is 438 g/mol. The third kappa shape index (κ3) is 52.1. The molecule has 0 atom stereocenters. The summed E-state index contributed by atoms with van der Waals surface area (Å²) < 4.78 is 0. The summed E-state index contributed by atoms with van der Waals surface area (Å²) in [5.41, 5.74) is 0. The SMILES string of the molecule is O.[AlH3].[Co].[Fe].[Ni].[Ru].[V].[Zn]. The van der Waals surface area contributed by atoms with Crippen molar-refractivity contribution >= 4 is 17.4 Å². The molecule has 0 fully saturated rings. The quantitative estimate of drug-likeness (QED) is 0.391. The van der Waals surface area contributed by atoms with Crippen LogP contribution in [0.1, 0.15) is 0 Å². The average Bonchev–Trinajstić information content (AvgIpc) is 0. The summed E-state index contributed by atoms with van der Waals surface area (Å²) in [7, 11) is 0. The van der Waals surface area contributed by atoms with Gasteiger partial charge in [-0.05, 0) is 0 Å². The van der Waals surface area contributed by atoms with E-state index in [0.717, 1.165) is 0 Å². The van der Waals surface area contributed by atoms with Gasteiger partial charge in [0.05, 0.1) is 0 Å². The molecule has 0 aromatic heterocycles. The molecule has 0 saturated carbocycles. The van der Waals surface area contributed by atoms with Crippen molar-refractivity contribution in [2.45, 2.75) is 0 Å². The Balaban J connectivity index is 0. The normalized spacial score (nSPS) is 0. The average molecular weight is 439 g/mol. The van der Waals surface area contributed by atoms with Gasteiger partial charge >= 0.3 is 0 Å². The molecule has 1 nitrogen and oxygen atoms in total. The zero-order valence-corrected chi connectivity index (χ0v) is 12.2. The Morgan fingerprint density at radius 3 is 1.00 bits per heavy atom. The number of hydrogen-bond donors (Lipinski definition) is 0. The van der Waals surface area contributed by atoms with Gasteiger partial charge in [0.15, 0.2) is 17.4 Å². The zero-order valence-electron chi connectivity index (χ0n) is 3.01. The Morgan fingerprint density at radius 1 is 1.00 bits per heavy atom. The van der Waals surface area contributed by atoms with E-state index < -0.39 is 0 Å². The van der Waals surface area contributed by atoms with Crippen molar-refractivity contribution in [1.29, 1.82) is 0 Å². The predicted octanol–water partition coefficient (Wildman–Crippen LogP) is -2.02. The van der Waals surface area contributed by atoms with Crippen LogP contribution in [-0.4, -0.2) is 22.8 Å². The molecule has 2 N–H and O–H groups in total. The van der Waals surface area contributed by atoms with Gasteiger partial charge in [-0.1, -0.05) is 0 Å². The minimum absolute atomic E-state index is 0. The van der Waals surface area contributed by atoms with Crippen molar-refractivity contribution in [3.63, 3.8) is 0 Å². The third-order valence-corrected chi connectivity index (χ3v) is 0. The molecule has 0 heterocycles. The summed E-state index contributed by atoms with van der Waals surface area (Å²) in [4.78, 5) is 0. The van der Waals surface area contributed by atoms with Gasteiger partial charge in [0.25, 0.3) is 0 Å². The molecule has 0 aliphatic rings. The molecule has 0 aromatic carbocycles. The Labute approximate surface area is 128 Å². The van der Waals surface area contributed by atoms with Crippen molar-refractivity contribution in [3.8, 4) is 0 Å². The molecule has 0 rings (SSSR count). The molecule has 56 valence electrons. The maximum Gasteiger partial charge on any atom is 0.187 e. The number of rotatable bonds is 0. The van der Waals surface area contributed by atoms with Crippen molar-refractivity contribution in [2.24, 2.45) is 0 Å². The van der Waals surface area contributed by atoms with Gasteiger partial charge in [0.2, 0.25) is 0 Å². The van der Waals surface area contributed by atoms with E-state index in [1.807, 2.05) is 0 Å². The summed E-state index contributed by atoms with van der Waals surface area (Å²) in [5.74, 6) is 0. The fourth-order valence-corrected chi connectivity index (χ4v) is 0. The molecule has 2 radical (unpaired) electrons. The van der Waals surface area contributed by atoms with Gasteiger partial charge < -0.3 is 5.48 Å². The van der Waals surface area contributed by atoms with Crippen LogP contribution in [0.4, 0.5) is 0 Å². The first-order chi connectivity index (χ1) is 0. The van der Waals surface area contributed by atoms with Crippen LogP contribution in [0.5, 0.6) is 0 Å². The van der Waals surface area contributed by atoms with E-state index in [1.54, 1.807) is 0 Å². The zero-order chi connectivity index (χ0) is 0. The van der Waals surface area contributed by atoms with Crippen LogP contribution in [0.2, 0.25) is 0 Å². The second kappa shape index (κ2) is 71.1. The largest absolute Gasteiger partial charge is 0.412 e. The Morgan fingerprint density at radius 2 is 1.00 bits per heavy atom. The molecule has 8 heavy (non-hydrogen) atoms. The summed E-state index contributed by atoms with van der Waals surface area (Å²) in [6, 6.07) is 0. The first-order valence-electron chi connectivity index (χ1n) is 0. The first kappa shape index (κ1) is 94.3. The van der Waals surface area contributed by atoms with E-state index in [-0.39, 0.29) is 131 Å². The van der Waals surface area contributed by atoms with Crippen LogP contribution in [0, 0.1) is 0 Å². The maximum atomic E-state index is 0. The number of hydrogen-bond acceptors (Lipinski definition) is 0. The summed E-state index contributed by atoms with van der Waals surface area (Å²) in [6.07, 6.45) is 0. The third-order valence-electron chi connectivity index (χ3n) is 0. The van der Waals surface area contributed by atoms with Gasteiger partial charge in [-0.15, -0.1) is 0 Å². The van der Waals surface area contributed by atoms with Crippen molar-refractivity contribution in [3.05, 3.63) is 0 Å². The van der Waals surface area contributed by atoms with Crippen LogP contribution in [0.25, 0.3) is 0 Å². The molecule has 0 bridgehead atoms. The molecule has 0 amide bonds. The topological polar surface area (TPSA) is 31.5 Å². The fraction of sp³-hybridized carbons (Fsp3) is 0. The van der Waals surface area contributed by atoms with Gasteiger partial charge in [-0.25, -0.2) is 0 Å². The molecule has 8 heteroatoms. The van der Waals surface area contributed by atoms with Gasteiger partial charge in [-0.3, -0.25) is 0 Å². The Hall–Kier alpha value is 3.84. The predicted molar refractivity (Wildman–Crippen MR) is 13.6 cm³/mol. The van der Waals surface area contributed by atoms with E-state index in [4.69, 9.17) is 0 Å². The van der Waals surface area contributed by atoms with Crippen LogP contribution >= 0.6 is 0 Å². The van der Waals surface area contributed by atoms with Gasteiger partial charge in [0, 0.05) is 108 Å². The van der Waals surface area contributed by atoms with E-state index in [2.05, 4.69) is 0 Å². The van der Waals surface area contributed by atoms with Crippen LogP contribution in [-0.2, 0) is 108 Å². The molecule has 0 saturated heterocycles. The molecular weight excluding hydrogens is 434 g/mol.